The maximum absolute atomic E-state index is 10.2. The summed E-state index contributed by atoms with van der Waals surface area (Å²) in [6.07, 6.45) is 0. The molecule has 112 valence electrons. The van der Waals surface area contributed by atoms with Crippen molar-refractivity contribution < 1.29 is 14.9 Å². The van der Waals surface area contributed by atoms with Crippen LogP contribution in [0.3, 0.4) is 0 Å². The third-order valence-corrected chi connectivity index (χ3v) is 3.66. The van der Waals surface area contributed by atoms with E-state index < -0.39 is 0 Å². The first-order valence-electron chi connectivity index (χ1n) is 7.23. The molecule has 1 aliphatic rings. The summed E-state index contributed by atoms with van der Waals surface area (Å²) in [7, 11) is 0. The lowest BCUT2D eigenvalue weighted by atomic mass is 10.1. The van der Waals surface area contributed by atoms with E-state index >= 15 is 0 Å². The lowest BCUT2D eigenvalue weighted by Gasteiger charge is -2.34. The van der Waals surface area contributed by atoms with Gasteiger partial charge >= 0.3 is 0 Å². The van der Waals surface area contributed by atoms with Gasteiger partial charge in [0.15, 0.2) is 11.5 Å². The number of β-amino-alcohol motifs (C(OH)–C–C–N with tert-alkyl or cyclic N) is 1. The van der Waals surface area contributed by atoms with Crippen LogP contribution in [0.5, 0.6) is 11.5 Å². The zero-order valence-electron chi connectivity index (χ0n) is 12.1. The number of aromatic hydroxyl groups is 1. The van der Waals surface area contributed by atoms with Crippen molar-refractivity contribution in [3.63, 3.8) is 0 Å². The number of benzene rings is 1. The fraction of sp³-hybridized carbons (Fsp3) is 0.600. The average Bonchev–Trinajstić information content (AvgIpc) is 2.46. The summed E-state index contributed by atoms with van der Waals surface area (Å²) in [5.41, 5.74) is 0.909. The van der Waals surface area contributed by atoms with Gasteiger partial charge in [0.1, 0.15) is 0 Å². The van der Waals surface area contributed by atoms with Crippen LogP contribution in [0, 0.1) is 0 Å². The molecule has 0 aliphatic carbocycles. The molecule has 0 atom stereocenters. The van der Waals surface area contributed by atoms with Gasteiger partial charge < -0.3 is 14.9 Å². The molecule has 0 bridgehead atoms. The molecule has 5 heteroatoms. The second-order valence-electron chi connectivity index (χ2n) is 5.04. The summed E-state index contributed by atoms with van der Waals surface area (Å²) in [5, 5.41) is 19.1. The number of nitrogens with zero attached hydrogens (tertiary/aromatic N) is 2. The number of ether oxygens (including phenoxy) is 1. The van der Waals surface area contributed by atoms with Gasteiger partial charge in [-0.2, -0.15) is 0 Å². The Bertz CT molecular complexity index is 418. The largest absolute Gasteiger partial charge is 0.504 e. The fourth-order valence-electron chi connectivity index (χ4n) is 2.52. The molecule has 1 heterocycles. The smallest absolute Gasteiger partial charge is 0.162 e. The minimum atomic E-state index is 0.219. The Kier molecular flexibility index (Phi) is 5.64. The number of hydrogen-bond donors (Lipinski definition) is 2. The lowest BCUT2D eigenvalue weighted by Crippen LogP contribution is -2.46. The molecule has 0 radical (unpaired) electrons. The zero-order valence-corrected chi connectivity index (χ0v) is 12.1. The van der Waals surface area contributed by atoms with Gasteiger partial charge in [0, 0.05) is 44.8 Å². The van der Waals surface area contributed by atoms with Crippen LogP contribution in [-0.2, 0) is 6.54 Å². The van der Waals surface area contributed by atoms with E-state index in [9.17, 15) is 5.11 Å². The molecule has 20 heavy (non-hydrogen) atoms. The number of piperazine rings is 1. The first-order valence-corrected chi connectivity index (χ1v) is 7.23. The van der Waals surface area contributed by atoms with Crippen molar-refractivity contribution in [3.8, 4) is 11.5 Å². The van der Waals surface area contributed by atoms with Crippen molar-refractivity contribution in [2.75, 3.05) is 45.9 Å². The molecular formula is C15H24N2O3. The van der Waals surface area contributed by atoms with E-state index in [2.05, 4.69) is 9.80 Å². The van der Waals surface area contributed by atoms with E-state index in [-0.39, 0.29) is 12.4 Å². The Hall–Kier alpha value is -1.30. The van der Waals surface area contributed by atoms with Gasteiger partial charge in [-0.05, 0) is 13.0 Å². The van der Waals surface area contributed by atoms with Crippen LogP contribution in [0.2, 0.25) is 0 Å². The van der Waals surface area contributed by atoms with Crippen LogP contribution in [0.25, 0.3) is 0 Å². The molecule has 1 aromatic carbocycles. The average molecular weight is 280 g/mol. The predicted octanol–water partition coefficient (Wildman–Crippen LogP) is 0.901. The Morgan fingerprint density at radius 1 is 1.15 bits per heavy atom. The van der Waals surface area contributed by atoms with Crippen molar-refractivity contribution in [3.05, 3.63) is 23.8 Å². The molecule has 0 saturated carbocycles. The minimum Gasteiger partial charge on any atom is -0.504 e. The summed E-state index contributed by atoms with van der Waals surface area (Å²) in [6.45, 7) is 8.01. The van der Waals surface area contributed by atoms with Gasteiger partial charge in [-0.3, -0.25) is 9.80 Å². The molecule has 0 spiro atoms. The highest BCUT2D eigenvalue weighted by molar-refractivity contribution is 5.45. The topological polar surface area (TPSA) is 56.2 Å². The Labute approximate surface area is 120 Å². The number of phenols is 1. The molecular weight excluding hydrogens is 256 g/mol. The van der Waals surface area contributed by atoms with Crippen LogP contribution in [0.4, 0.5) is 0 Å². The molecule has 2 N–H and O–H groups in total. The van der Waals surface area contributed by atoms with E-state index in [0.29, 0.717) is 12.4 Å². The van der Waals surface area contributed by atoms with Crippen LogP contribution in [-0.4, -0.2) is 66.0 Å². The molecule has 1 aromatic rings. The van der Waals surface area contributed by atoms with Crippen LogP contribution in [0.15, 0.2) is 18.2 Å². The first-order chi connectivity index (χ1) is 9.74. The highest BCUT2D eigenvalue weighted by Crippen LogP contribution is 2.30. The van der Waals surface area contributed by atoms with Gasteiger partial charge in [0.25, 0.3) is 0 Å². The van der Waals surface area contributed by atoms with Crippen LogP contribution >= 0.6 is 0 Å². The van der Waals surface area contributed by atoms with Crippen LogP contribution < -0.4 is 4.74 Å². The summed E-state index contributed by atoms with van der Waals surface area (Å²) in [5.74, 6) is 0.816. The van der Waals surface area contributed by atoms with Gasteiger partial charge in [-0.1, -0.05) is 12.1 Å². The van der Waals surface area contributed by atoms with E-state index in [1.807, 2.05) is 19.1 Å². The van der Waals surface area contributed by atoms with Gasteiger partial charge in [-0.25, -0.2) is 0 Å². The summed E-state index contributed by atoms with van der Waals surface area (Å²) in [6, 6.07) is 5.65. The van der Waals surface area contributed by atoms with Crippen molar-refractivity contribution in [1.29, 1.82) is 0 Å². The fourth-order valence-corrected chi connectivity index (χ4v) is 2.52. The summed E-state index contributed by atoms with van der Waals surface area (Å²) in [4.78, 5) is 4.58. The predicted molar refractivity (Wildman–Crippen MR) is 78.1 cm³/mol. The maximum atomic E-state index is 10.2. The summed E-state index contributed by atoms with van der Waals surface area (Å²) >= 11 is 0. The zero-order chi connectivity index (χ0) is 14.4. The standard InChI is InChI=1S/C15H24N2O3/c1-2-20-14-5-3-4-13(15(14)19)12-17-8-6-16(7-9-17)10-11-18/h3-5,18-19H,2,6-12H2,1H3. The van der Waals surface area contributed by atoms with E-state index in [1.165, 1.54) is 0 Å². The number of aliphatic hydroxyl groups excluding tert-OH is 1. The Balaban J connectivity index is 1.92. The number of hydrogen-bond acceptors (Lipinski definition) is 5. The molecule has 0 unspecified atom stereocenters. The Morgan fingerprint density at radius 2 is 1.85 bits per heavy atom. The quantitative estimate of drug-likeness (QED) is 0.811. The highest BCUT2D eigenvalue weighted by Gasteiger charge is 2.18. The molecule has 1 saturated heterocycles. The highest BCUT2D eigenvalue weighted by atomic mass is 16.5. The third-order valence-electron chi connectivity index (χ3n) is 3.66. The molecule has 0 amide bonds. The molecule has 5 nitrogen and oxygen atoms in total. The second kappa shape index (κ2) is 7.47. The number of para-hydroxylation sites is 1. The van der Waals surface area contributed by atoms with E-state index in [0.717, 1.165) is 44.8 Å². The second-order valence-corrected chi connectivity index (χ2v) is 5.04. The minimum absolute atomic E-state index is 0.219. The molecule has 2 rings (SSSR count). The lowest BCUT2D eigenvalue weighted by molar-refractivity contribution is 0.108. The molecule has 0 aromatic heterocycles. The SMILES string of the molecule is CCOc1cccc(CN2CCN(CCO)CC2)c1O. The normalized spacial score (nSPS) is 17.3. The van der Waals surface area contributed by atoms with Gasteiger partial charge in [-0.15, -0.1) is 0 Å². The number of phenolic OH excluding ortho intramolecular Hbond substituents is 1. The van der Waals surface area contributed by atoms with Crippen molar-refractivity contribution in [2.24, 2.45) is 0 Å². The number of rotatable bonds is 6. The Morgan fingerprint density at radius 3 is 2.50 bits per heavy atom. The summed E-state index contributed by atoms with van der Waals surface area (Å²) < 4.78 is 5.41. The maximum Gasteiger partial charge on any atom is 0.162 e. The van der Waals surface area contributed by atoms with Gasteiger partial charge in [0.05, 0.1) is 13.2 Å². The van der Waals surface area contributed by atoms with Crippen molar-refractivity contribution in [2.45, 2.75) is 13.5 Å². The first kappa shape index (κ1) is 15.1. The van der Waals surface area contributed by atoms with Crippen molar-refractivity contribution >= 4 is 0 Å². The van der Waals surface area contributed by atoms with Crippen molar-refractivity contribution in [1.82, 2.24) is 9.80 Å². The molecule has 1 fully saturated rings. The molecule has 1 aliphatic heterocycles. The van der Waals surface area contributed by atoms with E-state index in [1.54, 1.807) is 6.07 Å². The third kappa shape index (κ3) is 3.85. The van der Waals surface area contributed by atoms with E-state index in [4.69, 9.17) is 9.84 Å². The monoisotopic (exact) mass is 280 g/mol. The van der Waals surface area contributed by atoms with Gasteiger partial charge in [0.2, 0.25) is 0 Å². The number of aliphatic hydroxyl groups is 1. The van der Waals surface area contributed by atoms with Crippen LogP contribution in [0.1, 0.15) is 12.5 Å².